The van der Waals surface area contributed by atoms with Crippen LogP contribution >= 0.6 is 0 Å². The summed E-state index contributed by atoms with van der Waals surface area (Å²) in [4.78, 5) is 26.5. The molecular formula is C20H23N3O6. The Morgan fingerprint density at radius 1 is 1.21 bits per heavy atom. The van der Waals surface area contributed by atoms with E-state index < -0.39 is 36.7 Å². The topological polar surface area (TPSA) is 124 Å². The van der Waals surface area contributed by atoms with E-state index >= 15 is 0 Å². The average Bonchev–Trinajstić information content (AvgIpc) is 2.94. The van der Waals surface area contributed by atoms with E-state index in [2.05, 4.69) is 5.32 Å². The molecule has 154 valence electrons. The predicted molar refractivity (Wildman–Crippen MR) is 103 cm³/mol. The van der Waals surface area contributed by atoms with Crippen LogP contribution in [0.1, 0.15) is 18.1 Å². The van der Waals surface area contributed by atoms with E-state index in [1.807, 2.05) is 30.3 Å². The molecule has 1 saturated heterocycles. The molecular weight excluding hydrogens is 378 g/mol. The molecule has 29 heavy (non-hydrogen) atoms. The van der Waals surface area contributed by atoms with Crippen molar-refractivity contribution in [2.75, 3.05) is 11.9 Å². The van der Waals surface area contributed by atoms with Gasteiger partial charge >= 0.3 is 6.03 Å². The Bertz CT molecular complexity index is 974. The summed E-state index contributed by atoms with van der Waals surface area (Å²) in [5.41, 5.74) is -0.431. The molecule has 0 bridgehead atoms. The largest absolute Gasteiger partial charge is 0.394 e. The molecule has 2 aliphatic rings. The summed E-state index contributed by atoms with van der Waals surface area (Å²) in [5, 5.41) is 33.0. The maximum atomic E-state index is 12.8. The van der Waals surface area contributed by atoms with E-state index in [1.165, 1.54) is 22.5 Å². The molecule has 0 unspecified atom stereocenters. The normalized spacial score (nSPS) is 28.9. The Kier molecular flexibility index (Phi) is 4.91. The smallest absolute Gasteiger partial charge is 0.325 e. The quantitative estimate of drug-likeness (QED) is 0.575. The van der Waals surface area contributed by atoms with Crippen molar-refractivity contribution in [3.8, 4) is 0 Å². The molecule has 1 aromatic heterocycles. The van der Waals surface area contributed by atoms with Gasteiger partial charge in [-0.2, -0.15) is 0 Å². The number of nitrogens with one attached hydrogen (secondary N) is 1. The number of rotatable bonds is 4. The second-order valence-electron chi connectivity index (χ2n) is 7.56. The predicted octanol–water partition coefficient (Wildman–Crippen LogP) is 0.0732. The molecule has 2 aliphatic heterocycles. The minimum absolute atomic E-state index is 0.0714. The van der Waals surface area contributed by atoms with E-state index in [4.69, 9.17) is 4.74 Å². The number of ether oxygens (including phenoxy) is 1. The van der Waals surface area contributed by atoms with Crippen LogP contribution in [-0.4, -0.2) is 61.5 Å². The van der Waals surface area contributed by atoms with E-state index in [0.717, 1.165) is 5.56 Å². The van der Waals surface area contributed by atoms with Crippen molar-refractivity contribution in [2.24, 2.45) is 0 Å². The number of aliphatic hydroxyl groups excluding tert-OH is 2. The van der Waals surface area contributed by atoms with Crippen LogP contribution in [0.2, 0.25) is 0 Å². The second-order valence-corrected chi connectivity index (χ2v) is 7.56. The molecule has 4 N–H and O–H groups in total. The lowest BCUT2D eigenvalue weighted by atomic mass is 9.95. The molecule has 9 heteroatoms. The molecule has 1 aromatic carbocycles. The number of carbonyl (C=O) groups is 1. The van der Waals surface area contributed by atoms with Gasteiger partial charge in [0.2, 0.25) is 0 Å². The Morgan fingerprint density at radius 3 is 2.59 bits per heavy atom. The van der Waals surface area contributed by atoms with Crippen LogP contribution in [0.15, 0.2) is 47.3 Å². The van der Waals surface area contributed by atoms with Gasteiger partial charge in [-0.05, 0) is 18.6 Å². The first kappa shape index (κ1) is 19.6. The van der Waals surface area contributed by atoms with Gasteiger partial charge in [0.25, 0.3) is 5.56 Å². The number of pyridine rings is 1. The minimum atomic E-state index is -1.76. The number of urea groups is 1. The summed E-state index contributed by atoms with van der Waals surface area (Å²) in [6.07, 6.45) is -3.51. The lowest BCUT2D eigenvalue weighted by Gasteiger charge is -2.38. The molecule has 9 nitrogen and oxygen atoms in total. The average molecular weight is 401 g/mol. The standard InChI is InChI=1S/C20H23N3O6/c1-20(28)16(26)14(11-24)29-18(20)23-10-13-7-8-15(25)22(17(13)21-19(23)27)9-12-5-3-2-4-6-12/h2-8,14,16,18,24,26,28H,9-11H2,1H3,(H,21,27)/t14-,16-,18-,20-/m1/s1. The monoisotopic (exact) mass is 401 g/mol. The molecule has 0 saturated carbocycles. The van der Waals surface area contributed by atoms with E-state index in [1.54, 1.807) is 6.07 Å². The zero-order valence-corrected chi connectivity index (χ0v) is 15.9. The van der Waals surface area contributed by atoms with Gasteiger partial charge in [-0.15, -0.1) is 0 Å². The van der Waals surface area contributed by atoms with Gasteiger partial charge < -0.3 is 20.1 Å². The molecule has 2 aromatic rings. The zero-order valence-electron chi connectivity index (χ0n) is 15.9. The van der Waals surface area contributed by atoms with Gasteiger partial charge in [0.15, 0.2) is 6.23 Å². The van der Waals surface area contributed by atoms with Crippen molar-refractivity contribution >= 4 is 11.8 Å². The number of amides is 2. The summed E-state index contributed by atoms with van der Waals surface area (Å²) >= 11 is 0. The van der Waals surface area contributed by atoms with Gasteiger partial charge in [-0.3, -0.25) is 19.6 Å². The fourth-order valence-corrected chi connectivity index (χ4v) is 3.87. The van der Waals surface area contributed by atoms with E-state index in [9.17, 15) is 24.9 Å². The van der Waals surface area contributed by atoms with Crippen molar-refractivity contribution in [1.29, 1.82) is 0 Å². The number of nitrogens with zero attached hydrogens (tertiary/aromatic N) is 2. The number of hydrogen-bond acceptors (Lipinski definition) is 6. The second kappa shape index (κ2) is 7.27. The fraction of sp³-hybridized carbons (Fsp3) is 0.400. The third-order valence-electron chi connectivity index (χ3n) is 5.50. The zero-order chi connectivity index (χ0) is 20.8. The number of anilines is 1. The number of carbonyl (C=O) groups excluding carboxylic acids is 1. The summed E-state index contributed by atoms with van der Waals surface area (Å²) in [7, 11) is 0. The van der Waals surface area contributed by atoms with Crippen molar-refractivity contribution in [3.05, 3.63) is 63.9 Å². The van der Waals surface area contributed by atoms with Crippen LogP contribution in [0.4, 0.5) is 10.6 Å². The maximum absolute atomic E-state index is 12.8. The molecule has 0 aliphatic carbocycles. The van der Waals surface area contributed by atoms with Gasteiger partial charge in [0.1, 0.15) is 23.6 Å². The number of aromatic nitrogens is 1. The minimum Gasteiger partial charge on any atom is -0.394 e. The highest BCUT2D eigenvalue weighted by Crippen LogP contribution is 2.36. The summed E-state index contributed by atoms with van der Waals surface area (Å²) in [6.45, 7) is 1.24. The highest BCUT2D eigenvalue weighted by Gasteiger charge is 2.55. The highest BCUT2D eigenvalue weighted by atomic mass is 16.6. The van der Waals surface area contributed by atoms with Crippen LogP contribution in [0.3, 0.4) is 0 Å². The summed E-state index contributed by atoms with van der Waals surface area (Å²) in [5.74, 6) is 0.388. The highest BCUT2D eigenvalue weighted by molar-refractivity contribution is 5.91. The lowest BCUT2D eigenvalue weighted by molar-refractivity contribution is -0.120. The summed E-state index contributed by atoms with van der Waals surface area (Å²) in [6, 6.07) is 11.9. The maximum Gasteiger partial charge on any atom is 0.325 e. The molecule has 3 heterocycles. The lowest BCUT2D eigenvalue weighted by Crippen LogP contribution is -2.57. The van der Waals surface area contributed by atoms with Crippen molar-refractivity contribution in [1.82, 2.24) is 9.47 Å². The Hall–Kier alpha value is -2.72. The third-order valence-corrected chi connectivity index (χ3v) is 5.50. The van der Waals surface area contributed by atoms with Crippen molar-refractivity contribution in [2.45, 2.75) is 44.1 Å². The van der Waals surface area contributed by atoms with Gasteiger partial charge in [-0.1, -0.05) is 30.3 Å². The Labute approximate surface area is 166 Å². The fourth-order valence-electron chi connectivity index (χ4n) is 3.87. The van der Waals surface area contributed by atoms with Crippen molar-refractivity contribution < 1.29 is 24.9 Å². The first-order valence-electron chi connectivity index (χ1n) is 9.34. The molecule has 1 fully saturated rings. The molecule has 0 radical (unpaired) electrons. The first-order chi connectivity index (χ1) is 13.8. The Morgan fingerprint density at radius 2 is 1.93 bits per heavy atom. The number of hydrogen-bond donors (Lipinski definition) is 4. The van der Waals surface area contributed by atoms with Gasteiger partial charge in [0, 0.05) is 11.6 Å². The molecule has 2 amide bonds. The molecule has 4 rings (SSSR count). The van der Waals surface area contributed by atoms with Crippen molar-refractivity contribution in [3.63, 3.8) is 0 Å². The van der Waals surface area contributed by atoms with Crippen LogP contribution < -0.4 is 10.9 Å². The first-order valence-corrected chi connectivity index (χ1v) is 9.34. The molecule has 0 spiro atoms. The number of benzene rings is 1. The van der Waals surface area contributed by atoms with Crippen LogP contribution in [0.5, 0.6) is 0 Å². The van der Waals surface area contributed by atoms with Crippen LogP contribution in [0.25, 0.3) is 0 Å². The SMILES string of the molecule is C[C@@]1(O)[C@H](O)[C@@H](CO)O[C@H]1N1Cc2ccc(=O)n(Cc3ccccc3)c2NC1=O. The third kappa shape index (κ3) is 3.32. The van der Waals surface area contributed by atoms with E-state index in [-0.39, 0.29) is 12.1 Å². The number of fused-ring (bicyclic) bond motifs is 1. The van der Waals surface area contributed by atoms with Gasteiger partial charge in [0.05, 0.1) is 19.7 Å². The van der Waals surface area contributed by atoms with Gasteiger partial charge in [-0.25, -0.2) is 4.79 Å². The van der Waals surface area contributed by atoms with Crippen LogP contribution in [0, 0.1) is 0 Å². The number of aliphatic hydroxyl groups is 3. The van der Waals surface area contributed by atoms with E-state index in [0.29, 0.717) is 17.9 Å². The Balaban J connectivity index is 1.66. The van der Waals surface area contributed by atoms with Crippen LogP contribution in [-0.2, 0) is 17.8 Å². The molecule has 4 atom stereocenters. The summed E-state index contributed by atoms with van der Waals surface area (Å²) < 4.78 is 7.04.